The van der Waals surface area contributed by atoms with Gasteiger partial charge >= 0.3 is 5.97 Å². The van der Waals surface area contributed by atoms with Gasteiger partial charge < -0.3 is 9.84 Å². The highest BCUT2D eigenvalue weighted by Crippen LogP contribution is 2.34. The number of carbonyl (C=O) groups is 1. The molecular formula is C21H30N2O5S. The van der Waals surface area contributed by atoms with E-state index in [2.05, 4.69) is 0 Å². The number of aliphatic imine (C=N–C) groups is 1. The molecule has 7 nitrogen and oxygen atoms in total. The fourth-order valence-corrected chi connectivity index (χ4v) is 5.66. The van der Waals surface area contributed by atoms with Crippen LogP contribution in [0.15, 0.2) is 23.2 Å². The Morgan fingerprint density at radius 2 is 2.10 bits per heavy atom. The lowest BCUT2D eigenvalue weighted by Gasteiger charge is -2.38. The summed E-state index contributed by atoms with van der Waals surface area (Å²) in [5.41, 5.74) is 3.18. The number of benzene rings is 1. The van der Waals surface area contributed by atoms with Crippen LogP contribution in [0.3, 0.4) is 0 Å². The molecule has 1 aromatic carbocycles. The number of sulfonamides is 1. The van der Waals surface area contributed by atoms with Gasteiger partial charge in [0.25, 0.3) is 0 Å². The molecule has 0 aromatic heterocycles. The molecule has 0 amide bonds. The van der Waals surface area contributed by atoms with E-state index >= 15 is 0 Å². The SMILES string of the molecule is COc1ccc2c(c1)CCN=C2CC1CN(S(=O)(=O)C(C)C)CCC1CC(=O)O. The number of fused-ring (bicyclic) bond motifs is 1. The number of hydrogen-bond acceptors (Lipinski definition) is 5. The van der Waals surface area contributed by atoms with Crippen LogP contribution in [-0.2, 0) is 21.2 Å². The van der Waals surface area contributed by atoms with Gasteiger partial charge in [0.1, 0.15) is 5.75 Å². The first kappa shape index (κ1) is 21.8. The lowest BCUT2D eigenvalue weighted by molar-refractivity contribution is -0.138. The average molecular weight is 423 g/mol. The van der Waals surface area contributed by atoms with Gasteiger partial charge in [-0.05, 0) is 74.3 Å². The van der Waals surface area contributed by atoms with Crippen LogP contribution in [0.25, 0.3) is 0 Å². The van der Waals surface area contributed by atoms with E-state index in [1.165, 1.54) is 5.56 Å². The Bertz CT molecular complexity index is 894. The molecule has 0 radical (unpaired) electrons. The van der Waals surface area contributed by atoms with Crippen LogP contribution in [0.1, 0.15) is 44.2 Å². The van der Waals surface area contributed by atoms with Crippen molar-refractivity contribution in [3.8, 4) is 5.75 Å². The van der Waals surface area contributed by atoms with Gasteiger partial charge in [0.15, 0.2) is 0 Å². The van der Waals surface area contributed by atoms with Gasteiger partial charge in [-0.15, -0.1) is 0 Å². The van der Waals surface area contributed by atoms with Crippen LogP contribution in [-0.4, -0.2) is 61.5 Å². The summed E-state index contributed by atoms with van der Waals surface area (Å²) in [4.78, 5) is 16.1. The molecule has 1 fully saturated rings. The summed E-state index contributed by atoms with van der Waals surface area (Å²) < 4.78 is 32.2. The summed E-state index contributed by atoms with van der Waals surface area (Å²) in [6.45, 7) is 4.78. The van der Waals surface area contributed by atoms with E-state index in [-0.39, 0.29) is 18.3 Å². The summed E-state index contributed by atoms with van der Waals surface area (Å²) in [6, 6.07) is 5.93. The summed E-state index contributed by atoms with van der Waals surface area (Å²) in [5.74, 6) is -0.158. The number of piperidine rings is 1. The molecule has 8 heteroatoms. The minimum Gasteiger partial charge on any atom is -0.497 e. The number of carboxylic acids is 1. The van der Waals surface area contributed by atoms with E-state index in [0.29, 0.717) is 32.5 Å². The fourth-order valence-electron chi connectivity index (χ4n) is 4.31. The Kier molecular flexibility index (Phi) is 6.63. The normalized spacial score (nSPS) is 22.8. The lowest BCUT2D eigenvalue weighted by Crippen LogP contribution is -2.47. The van der Waals surface area contributed by atoms with E-state index in [4.69, 9.17) is 9.73 Å². The molecule has 2 aliphatic heterocycles. The molecule has 1 aromatic rings. The van der Waals surface area contributed by atoms with Crippen LogP contribution in [0.5, 0.6) is 5.75 Å². The monoisotopic (exact) mass is 422 g/mol. The summed E-state index contributed by atoms with van der Waals surface area (Å²) in [5, 5.41) is 8.86. The van der Waals surface area contributed by atoms with Crippen molar-refractivity contribution in [3.63, 3.8) is 0 Å². The number of methoxy groups -OCH3 is 1. The van der Waals surface area contributed by atoms with Gasteiger partial charge in [-0.2, -0.15) is 0 Å². The van der Waals surface area contributed by atoms with Crippen molar-refractivity contribution in [3.05, 3.63) is 29.3 Å². The Hall–Kier alpha value is -1.93. The molecule has 2 unspecified atom stereocenters. The second-order valence-electron chi connectivity index (χ2n) is 8.16. The van der Waals surface area contributed by atoms with Crippen molar-refractivity contribution in [2.24, 2.45) is 16.8 Å². The Balaban J connectivity index is 1.85. The van der Waals surface area contributed by atoms with Gasteiger partial charge in [-0.3, -0.25) is 9.79 Å². The molecule has 160 valence electrons. The highest BCUT2D eigenvalue weighted by atomic mass is 32.2. The molecule has 3 rings (SSSR count). The average Bonchev–Trinajstić information content (AvgIpc) is 2.68. The first-order valence-electron chi connectivity index (χ1n) is 10.1. The molecule has 0 bridgehead atoms. The third-order valence-electron chi connectivity index (χ3n) is 6.01. The van der Waals surface area contributed by atoms with Gasteiger partial charge in [0.05, 0.1) is 12.4 Å². The largest absolute Gasteiger partial charge is 0.497 e. The highest BCUT2D eigenvalue weighted by Gasteiger charge is 2.37. The molecule has 0 aliphatic carbocycles. The van der Waals surface area contributed by atoms with Gasteiger partial charge in [0, 0.05) is 31.8 Å². The summed E-state index contributed by atoms with van der Waals surface area (Å²) in [7, 11) is -1.72. The van der Waals surface area contributed by atoms with E-state index in [1.807, 2.05) is 18.2 Å². The minimum absolute atomic E-state index is 0.0579. The molecule has 29 heavy (non-hydrogen) atoms. The summed E-state index contributed by atoms with van der Waals surface area (Å²) in [6.07, 6.45) is 2.04. The molecular weight excluding hydrogens is 392 g/mol. The zero-order valence-corrected chi connectivity index (χ0v) is 18.1. The Morgan fingerprint density at radius 1 is 1.34 bits per heavy atom. The van der Waals surface area contributed by atoms with E-state index in [9.17, 15) is 18.3 Å². The Labute approximate surface area is 172 Å². The third-order valence-corrected chi connectivity index (χ3v) is 8.25. The fraction of sp³-hybridized carbons (Fsp3) is 0.619. The maximum Gasteiger partial charge on any atom is 0.303 e. The molecule has 2 aliphatic rings. The quantitative estimate of drug-likeness (QED) is 0.729. The number of ether oxygens (including phenoxy) is 1. The van der Waals surface area contributed by atoms with Crippen molar-refractivity contribution in [2.75, 3.05) is 26.7 Å². The number of aliphatic carboxylic acids is 1. The maximum absolute atomic E-state index is 12.7. The van der Waals surface area contributed by atoms with Crippen LogP contribution in [0.4, 0.5) is 0 Å². The number of rotatable bonds is 7. The van der Waals surface area contributed by atoms with Crippen molar-refractivity contribution in [2.45, 2.75) is 44.8 Å². The van der Waals surface area contributed by atoms with E-state index in [0.717, 1.165) is 23.4 Å². The van der Waals surface area contributed by atoms with Crippen LogP contribution in [0.2, 0.25) is 0 Å². The summed E-state index contributed by atoms with van der Waals surface area (Å²) >= 11 is 0. The van der Waals surface area contributed by atoms with Crippen molar-refractivity contribution < 1.29 is 23.1 Å². The second kappa shape index (κ2) is 8.83. The van der Waals surface area contributed by atoms with Gasteiger partial charge in [-0.25, -0.2) is 12.7 Å². The van der Waals surface area contributed by atoms with Crippen molar-refractivity contribution in [1.82, 2.24) is 4.31 Å². The zero-order valence-electron chi connectivity index (χ0n) is 17.3. The van der Waals surface area contributed by atoms with E-state index in [1.54, 1.807) is 25.3 Å². The molecule has 1 saturated heterocycles. The zero-order chi connectivity index (χ0) is 21.2. The third kappa shape index (κ3) is 4.80. The number of hydrogen-bond donors (Lipinski definition) is 1. The van der Waals surface area contributed by atoms with Crippen LogP contribution in [0, 0.1) is 11.8 Å². The molecule has 1 N–H and O–H groups in total. The standard InChI is InChI=1S/C21H30N2O5S/c1-14(2)29(26,27)23-9-7-15(12-21(24)25)17(13-23)11-20-19-5-4-18(28-3)10-16(19)6-8-22-20/h4-5,10,14-15,17H,6-9,11-13H2,1-3H3,(H,24,25). The Morgan fingerprint density at radius 3 is 2.76 bits per heavy atom. The highest BCUT2D eigenvalue weighted by molar-refractivity contribution is 7.89. The first-order valence-corrected chi connectivity index (χ1v) is 11.6. The second-order valence-corrected chi connectivity index (χ2v) is 10.7. The maximum atomic E-state index is 12.7. The predicted molar refractivity (Wildman–Crippen MR) is 112 cm³/mol. The lowest BCUT2D eigenvalue weighted by atomic mass is 9.79. The number of carboxylic acid groups (broad SMARTS) is 1. The van der Waals surface area contributed by atoms with Crippen LogP contribution < -0.4 is 4.74 Å². The molecule has 2 heterocycles. The smallest absolute Gasteiger partial charge is 0.303 e. The van der Waals surface area contributed by atoms with Gasteiger partial charge in [0.2, 0.25) is 10.0 Å². The predicted octanol–water partition coefficient (Wildman–Crippen LogP) is 2.58. The first-order chi connectivity index (χ1) is 13.7. The van der Waals surface area contributed by atoms with Crippen molar-refractivity contribution in [1.29, 1.82) is 0 Å². The van der Waals surface area contributed by atoms with Crippen molar-refractivity contribution >= 4 is 21.7 Å². The van der Waals surface area contributed by atoms with Crippen LogP contribution >= 0.6 is 0 Å². The topological polar surface area (TPSA) is 96.3 Å². The molecule has 0 saturated carbocycles. The molecule has 2 atom stereocenters. The number of nitrogens with zero attached hydrogens (tertiary/aromatic N) is 2. The minimum atomic E-state index is -3.37. The van der Waals surface area contributed by atoms with Gasteiger partial charge in [-0.1, -0.05) is 0 Å². The molecule has 0 spiro atoms. The van der Waals surface area contributed by atoms with E-state index < -0.39 is 21.2 Å².